The van der Waals surface area contributed by atoms with Crippen LogP contribution in [-0.2, 0) is 4.79 Å². The number of amides is 1. The molecule has 0 saturated carbocycles. The molecule has 1 aliphatic heterocycles. The van der Waals surface area contributed by atoms with Gasteiger partial charge in [0.1, 0.15) is 0 Å². The maximum Gasteiger partial charge on any atom is 0.237 e. The van der Waals surface area contributed by atoms with Gasteiger partial charge in [-0.15, -0.1) is 0 Å². The summed E-state index contributed by atoms with van der Waals surface area (Å²) in [6, 6.07) is 0.0244. The van der Waals surface area contributed by atoms with E-state index in [4.69, 9.17) is 5.11 Å². The highest BCUT2D eigenvalue weighted by Crippen LogP contribution is 2.05. The fraction of sp³-hybridized carbons (Fsp3) is 0.900. The lowest BCUT2D eigenvalue weighted by atomic mass is 10.1. The monoisotopic (exact) mass is 200 g/mol. The Balaban J connectivity index is 2.25. The second kappa shape index (κ2) is 5.32. The predicted octanol–water partition coefficient (Wildman–Crippen LogP) is 0.0140. The molecule has 1 heterocycles. The molecule has 1 saturated heterocycles. The number of aliphatic hydroxyl groups is 1. The Morgan fingerprint density at radius 1 is 1.64 bits per heavy atom. The first-order chi connectivity index (χ1) is 6.59. The van der Waals surface area contributed by atoms with E-state index in [0.29, 0.717) is 6.42 Å². The van der Waals surface area contributed by atoms with E-state index < -0.39 is 0 Å². The van der Waals surface area contributed by atoms with Gasteiger partial charge in [0.15, 0.2) is 0 Å². The van der Waals surface area contributed by atoms with Crippen LogP contribution in [0.25, 0.3) is 0 Å². The molecule has 0 aromatic heterocycles. The van der Waals surface area contributed by atoms with Gasteiger partial charge in [-0.3, -0.25) is 4.79 Å². The number of carbonyl (C=O) groups excluding carboxylic acids is 1. The van der Waals surface area contributed by atoms with Gasteiger partial charge in [-0.2, -0.15) is 0 Å². The second-order valence-electron chi connectivity index (χ2n) is 4.14. The van der Waals surface area contributed by atoms with Crippen molar-refractivity contribution in [3.63, 3.8) is 0 Å². The first-order valence-corrected chi connectivity index (χ1v) is 5.31. The van der Waals surface area contributed by atoms with Gasteiger partial charge in [0.2, 0.25) is 5.91 Å². The summed E-state index contributed by atoms with van der Waals surface area (Å²) in [6.07, 6.45) is 2.25. The van der Waals surface area contributed by atoms with E-state index in [-0.39, 0.29) is 24.1 Å². The topological polar surface area (TPSA) is 61.4 Å². The molecule has 1 aliphatic rings. The lowest BCUT2D eigenvalue weighted by molar-refractivity contribution is -0.123. The van der Waals surface area contributed by atoms with Crippen molar-refractivity contribution < 1.29 is 9.90 Å². The Morgan fingerprint density at radius 2 is 2.36 bits per heavy atom. The van der Waals surface area contributed by atoms with Crippen molar-refractivity contribution >= 4 is 5.91 Å². The van der Waals surface area contributed by atoms with E-state index in [1.807, 2.05) is 6.92 Å². The Labute approximate surface area is 85.1 Å². The maximum atomic E-state index is 11.6. The zero-order chi connectivity index (χ0) is 10.6. The molecule has 3 atom stereocenters. The molecule has 0 aromatic carbocycles. The Kier molecular flexibility index (Phi) is 4.35. The van der Waals surface area contributed by atoms with E-state index in [1.54, 1.807) is 6.92 Å². The molecule has 3 N–H and O–H groups in total. The Hall–Kier alpha value is -0.610. The molecule has 82 valence electrons. The molecule has 0 aliphatic carbocycles. The summed E-state index contributed by atoms with van der Waals surface area (Å²) >= 11 is 0. The highest BCUT2D eigenvalue weighted by atomic mass is 16.3. The van der Waals surface area contributed by atoms with Crippen molar-refractivity contribution in [1.82, 2.24) is 10.6 Å². The van der Waals surface area contributed by atoms with Crippen LogP contribution >= 0.6 is 0 Å². The van der Waals surface area contributed by atoms with E-state index in [1.165, 1.54) is 0 Å². The third-order valence-electron chi connectivity index (χ3n) is 2.46. The number of carbonyl (C=O) groups is 1. The van der Waals surface area contributed by atoms with Crippen LogP contribution in [0.15, 0.2) is 0 Å². The van der Waals surface area contributed by atoms with Gasteiger partial charge in [0, 0.05) is 6.04 Å². The van der Waals surface area contributed by atoms with Gasteiger partial charge in [-0.25, -0.2) is 0 Å². The van der Waals surface area contributed by atoms with Gasteiger partial charge >= 0.3 is 0 Å². The van der Waals surface area contributed by atoms with Crippen molar-refractivity contribution in [2.24, 2.45) is 0 Å². The SMILES string of the molecule is CC(O)CC(C)NC(=O)[C@H]1CCCN1. The average Bonchev–Trinajstić information content (AvgIpc) is 2.53. The van der Waals surface area contributed by atoms with Crippen LogP contribution in [-0.4, -0.2) is 35.7 Å². The molecule has 14 heavy (non-hydrogen) atoms. The fourth-order valence-electron chi connectivity index (χ4n) is 1.82. The molecule has 0 spiro atoms. The summed E-state index contributed by atoms with van der Waals surface area (Å²) in [4.78, 5) is 11.6. The quantitative estimate of drug-likeness (QED) is 0.599. The van der Waals surface area contributed by atoms with Crippen LogP contribution in [0.3, 0.4) is 0 Å². The van der Waals surface area contributed by atoms with Crippen molar-refractivity contribution in [3.05, 3.63) is 0 Å². The third kappa shape index (κ3) is 3.64. The maximum absolute atomic E-state index is 11.6. The van der Waals surface area contributed by atoms with Gasteiger partial charge in [0.25, 0.3) is 0 Å². The van der Waals surface area contributed by atoms with Crippen LogP contribution in [0, 0.1) is 0 Å². The van der Waals surface area contributed by atoms with E-state index in [0.717, 1.165) is 19.4 Å². The molecule has 4 heteroatoms. The summed E-state index contributed by atoms with van der Waals surface area (Å²) in [5.74, 6) is 0.0654. The number of aliphatic hydroxyl groups excluding tert-OH is 1. The van der Waals surface area contributed by atoms with Crippen molar-refractivity contribution in [3.8, 4) is 0 Å². The van der Waals surface area contributed by atoms with Gasteiger partial charge in [-0.05, 0) is 39.7 Å². The molecular weight excluding hydrogens is 180 g/mol. The van der Waals surface area contributed by atoms with Crippen molar-refractivity contribution in [1.29, 1.82) is 0 Å². The summed E-state index contributed by atoms with van der Waals surface area (Å²) in [7, 11) is 0. The molecule has 2 unspecified atom stereocenters. The fourth-order valence-corrected chi connectivity index (χ4v) is 1.82. The number of nitrogens with one attached hydrogen (secondary N) is 2. The van der Waals surface area contributed by atoms with Crippen molar-refractivity contribution in [2.45, 2.75) is 51.3 Å². The smallest absolute Gasteiger partial charge is 0.237 e. The first-order valence-electron chi connectivity index (χ1n) is 5.31. The Bertz CT molecular complexity index is 189. The highest BCUT2D eigenvalue weighted by Gasteiger charge is 2.23. The molecule has 4 nitrogen and oxygen atoms in total. The summed E-state index contributed by atoms with van der Waals surface area (Å²) in [6.45, 7) is 4.58. The van der Waals surface area contributed by atoms with E-state index in [9.17, 15) is 4.79 Å². The molecule has 1 amide bonds. The van der Waals surface area contributed by atoms with Crippen LogP contribution in [0.1, 0.15) is 33.1 Å². The highest BCUT2D eigenvalue weighted by molar-refractivity contribution is 5.82. The molecule has 0 bridgehead atoms. The number of rotatable bonds is 4. The minimum atomic E-state index is -0.359. The van der Waals surface area contributed by atoms with Crippen molar-refractivity contribution in [2.75, 3.05) is 6.54 Å². The molecule has 0 aromatic rings. The Morgan fingerprint density at radius 3 is 2.86 bits per heavy atom. The molecule has 1 fully saturated rings. The molecule has 1 rings (SSSR count). The predicted molar refractivity (Wildman–Crippen MR) is 54.9 cm³/mol. The van der Waals surface area contributed by atoms with Crippen LogP contribution in [0.2, 0.25) is 0 Å². The minimum Gasteiger partial charge on any atom is -0.393 e. The largest absolute Gasteiger partial charge is 0.393 e. The van der Waals surface area contributed by atoms with E-state index >= 15 is 0 Å². The summed E-state index contributed by atoms with van der Waals surface area (Å²) in [5.41, 5.74) is 0. The normalized spacial score (nSPS) is 25.8. The average molecular weight is 200 g/mol. The van der Waals surface area contributed by atoms with Crippen LogP contribution in [0.5, 0.6) is 0 Å². The lowest BCUT2D eigenvalue weighted by Crippen LogP contribution is -2.44. The van der Waals surface area contributed by atoms with Gasteiger partial charge in [-0.1, -0.05) is 0 Å². The lowest BCUT2D eigenvalue weighted by Gasteiger charge is -2.18. The number of hydrogen-bond acceptors (Lipinski definition) is 3. The summed E-state index contributed by atoms with van der Waals surface area (Å²) < 4.78 is 0. The van der Waals surface area contributed by atoms with Gasteiger partial charge in [0.05, 0.1) is 12.1 Å². The summed E-state index contributed by atoms with van der Waals surface area (Å²) in [5, 5.41) is 15.2. The second-order valence-corrected chi connectivity index (χ2v) is 4.14. The van der Waals surface area contributed by atoms with E-state index in [2.05, 4.69) is 10.6 Å². The minimum absolute atomic E-state index is 0.0218. The molecule has 0 radical (unpaired) electrons. The zero-order valence-electron chi connectivity index (χ0n) is 8.92. The van der Waals surface area contributed by atoms with Crippen LogP contribution in [0.4, 0.5) is 0 Å². The van der Waals surface area contributed by atoms with Crippen LogP contribution < -0.4 is 10.6 Å². The standard InChI is InChI=1S/C10H20N2O2/c1-7(6-8(2)13)12-10(14)9-4-3-5-11-9/h7-9,11,13H,3-6H2,1-2H3,(H,12,14)/t7?,8?,9-/m1/s1. The van der Waals surface area contributed by atoms with Gasteiger partial charge < -0.3 is 15.7 Å². The third-order valence-corrected chi connectivity index (χ3v) is 2.46. The molecular formula is C10H20N2O2. The zero-order valence-corrected chi connectivity index (χ0v) is 8.92. The first kappa shape index (κ1) is 11.5. The number of hydrogen-bond donors (Lipinski definition) is 3.